The van der Waals surface area contributed by atoms with Crippen LogP contribution in [0, 0.1) is 0 Å². The summed E-state index contributed by atoms with van der Waals surface area (Å²) in [5, 5.41) is 6.27. The highest BCUT2D eigenvalue weighted by Gasteiger charge is 2.28. The summed E-state index contributed by atoms with van der Waals surface area (Å²) in [6.45, 7) is 2.02. The number of benzene rings is 1. The first-order valence-corrected chi connectivity index (χ1v) is 7.64. The van der Waals surface area contributed by atoms with Gasteiger partial charge in [0.2, 0.25) is 5.91 Å². The van der Waals surface area contributed by atoms with Crippen LogP contribution in [0.4, 0.5) is 11.4 Å². The highest BCUT2D eigenvalue weighted by molar-refractivity contribution is 5.85. The van der Waals surface area contributed by atoms with Gasteiger partial charge in [-0.25, -0.2) is 0 Å². The number of rotatable bonds is 2. The predicted octanol–water partition coefficient (Wildman–Crippen LogP) is 2.15. The second-order valence-corrected chi connectivity index (χ2v) is 5.69. The Labute approximate surface area is 120 Å². The Morgan fingerprint density at radius 3 is 3.10 bits per heavy atom. The van der Waals surface area contributed by atoms with Crippen molar-refractivity contribution in [3.05, 3.63) is 23.8 Å². The molecule has 2 aliphatic rings. The Morgan fingerprint density at radius 2 is 2.25 bits per heavy atom. The van der Waals surface area contributed by atoms with Gasteiger partial charge in [-0.2, -0.15) is 0 Å². The van der Waals surface area contributed by atoms with Gasteiger partial charge in [-0.3, -0.25) is 4.79 Å². The molecule has 2 N–H and O–H groups in total. The van der Waals surface area contributed by atoms with E-state index in [1.54, 1.807) is 7.05 Å². The van der Waals surface area contributed by atoms with E-state index in [1.807, 2.05) is 0 Å². The molecular formula is C16H23N3O. The van der Waals surface area contributed by atoms with Gasteiger partial charge in [-0.1, -0.05) is 6.07 Å². The molecule has 1 unspecified atom stereocenters. The van der Waals surface area contributed by atoms with Gasteiger partial charge in [0.05, 0.1) is 0 Å². The van der Waals surface area contributed by atoms with E-state index in [0.29, 0.717) is 0 Å². The van der Waals surface area contributed by atoms with E-state index in [2.05, 4.69) is 33.7 Å². The minimum absolute atomic E-state index is 0.0182. The molecular weight excluding hydrogens is 250 g/mol. The standard InChI is InChI=1S/C16H23N3O/c1-17-16(20)15-6-2-3-10-19(15)13-8-7-12-5-4-9-18-14(12)11-13/h7-8,11,15,18H,2-6,9-10H2,1H3,(H,17,20). The summed E-state index contributed by atoms with van der Waals surface area (Å²) < 4.78 is 0. The normalized spacial score (nSPS) is 21.9. The molecule has 4 nitrogen and oxygen atoms in total. The van der Waals surface area contributed by atoms with E-state index in [0.717, 1.165) is 38.8 Å². The lowest BCUT2D eigenvalue weighted by Crippen LogP contribution is -2.48. The van der Waals surface area contributed by atoms with Gasteiger partial charge >= 0.3 is 0 Å². The molecule has 1 aromatic rings. The molecule has 0 saturated carbocycles. The van der Waals surface area contributed by atoms with Crippen molar-refractivity contribution in [3.63, 3.8) is 0 Å². The Kier molecular flexibility index (Phi) is 3.81. The lowest BCUT2D eigenvalue weighted by atomic mass is 9.98. The minimum atomic E-state index is -0.0182. The summed E-state index contributed by atoms with van der Waals surface area (Å²) in [4.78, 5) is 14.3. The molecule has 1 atom stereocenters. The quantitative estimate of drug-likeness (QED) is 0.868. The van der Waals surface area contributed by atoms with Crippen molar-refractivity contribution in [2.45, 2.75) is 38.1 Å². The van der Waals surface area contributed by atoms with Crippen LogP contribution in [-0.2, 0) is 11.2 Å². The van der Waals surface area contributed by atoms with E-state index in [4.69, 9.17) is 0 Å². The average Bonchev–Trinajstić information content (AvgIpc) is 2.53. The number of carbonyl (C=O) groups is 1. The van der Waals surface area contributed by atoms with E-state index >= 15 is 0 Å². The summed E-state index contributed by atoms with van der Waals surface area (Å²) in [5.41, 5.74) is 3.81. The molecule has 108 valence electrons. The van der Waals surface area contributed by atoms with Crippen molar-refractivity contribution in [2.24, 2.45) is 0 Å². The molecule has 2 heterocycles. The van der Waals surface area contributed by atoms with Crippen molar-refractivity contribution in [3.8, 4) is 0 Å². The monoisotopic (exact) mass is 273 g/mol. The zero-order valence-electron chi connectivity index (χ0n) is 12.1. The number of hydrogen-bond acceptors (Lipinski definition) is 3. The molecule has 20 heavy (non-hydrogen) atoms. The van der Waals surface area contributed by atoms with Gasteiger partial charge in [0.1, 0.15) is 6.04 Å². The van der Waals surface area contributed by atoms with Gasteiger partial charge in [0, 0.05) is 31.5 Å². The largest absolute Gasteiger partial charge is 0.385 e. The van der Waals surface area contributed by atoms with Crippen LogP contribution in [0.5, 0.6) is 0 Å². The first-order valence-electron chi connectivity index (χ1n) is 7.64. The van der Waals surface area contributed by atoms with Crippen molar-refractivity contribution in [2.75, 3.05) is 30.4 Å². The highest BCUT2D eigenvalue weighted by atomic mass is 16.2. The number of likely N-dealkylation sites (N-methyl/N-ethyl adjacent to an activating group) is 1. The molecule has 0 aliphatic carbocycles. The van der Waals surface area contributed by atoms with E-state index in [-0.39, 0.29) is 11.9 Å². The van der Waals surface area contributed by atoms with E-state index in [9.17, 15) is 4.79 Å². The van der Waals surface area contributed by atoms with Crippen molar-refractivity contribution < 1.29 is 4.79 Å². The van der Waals surface area contributed by atoms with Gasteiger partial charge in [0.15, 0.2) is 0 Å². The zero-order chi connectivity index (χ0) is 13.9. The molecule has 1 fully saturated rings. The number of piperidine rings is 1. The first kappa shape index (κ1) is 13.3. The van der Waals surface area contributed by atoms with E-state index < -0.39 is 0 Å². The van der Waals surface area contributed by atoms with Crippen LogP contribution in [0.3, 0.4) is 0 Å². The first-order chi connectivity index (χ1) is 9.79. The second kappa shape index (κ2) is 5.73. The Balaban J connectivity index is 1.87. The summed E-state index contributed by atoms with van der Waals surface area (Å²) in [7, 11) is 1.73. The van der Waals surface area contributed by atoms with Crippen LogP contribution in [0.2, 0.25) is 0 Å². The number of fused-ring (bicyclic) bond motifs is 1. The molecule has 1 amide bonds. The lowest BCUT2D eigenvalue weighted by Gasteiger charge is -2.37. The molecule has 4 heteroatoms. The van der Waals surface area contributed by atoms with E-state index in [1.165, 1.54) is 23.4 Å². The smallest absolute Gasteiger partial charge is 0.242 e. The lowest BCUT2D eigenvalue weighted by molar-refractivity contribution is -0.122. The van der Waals surface area contributed by atoms with Gasteiger partial charge in [-0.05, 0) is 49.8 Å². The maximum atomic E-state index is 12.1. The molecule has 0 bridgehead atoms. The topological polar surface area (TPSA) is 44.4 Å². The number of carbonyl (C=O) groups excluding carboxylic acids is 1. The Bertz CT molecular complexity index is 500. The minimum Gasteiger partial charge on any atom is -0.385 e. The van der Waals surface area contributed by atoms with Crippen molar-refractivity contribution in [1.82, 2.24) is 5.32 Å². The number of nitrogens with one attached hydrogen (secondary N) is 2. The fourth-order valence-electron chi connectivity index (χ4n) is 3.31. The van der Waals surface area contributed by atoms with Crippen LogP contribution >= 0.6 is 0 Å². The molecule has 3 rings (SSSR count). The molecule has 0 aromatic heterocycles. The van der Waals surface area contributed by atoms with Crippen molar-refractivity contribution in [1.29, 1.82) is 0 Å². The Hall–Kier alpha value is -1.71. The van der Waals surface area contributed by atoms with Gasteiger partial charge < -0.3 is 15.5 Å². The number of aryl methyl sites for hydroxylation is 1. The maximum Gasteiger partial charge on any atom is 0.242 e. The number of nitrogens with zero attached hydrogens (tertiary/aromatic N) is 1. The average molecular weight is 273 g/mol. The van der Waals surface area contributed by atoms with Crippen LogP contribution in [-0.4, -0.2) is 32.1 Å². The molecule has 1 aromatic carbocycles. The van der Waals surface area contributed by atoms with Gasteiger partial charge in [0.25, 0.3) is 0 Å². The number of hydrogen-bond donors (Lipinski definition) is 2. The Morgan fingerprint density at radius 1 is 1.35 bits per heavy atom. The molecule has 0 spiro atoms. The predicted molar refractivity (Wildman–Crippen MR) is 82.3 cm³/mol. The summed E-state index contributed by atoms with van der Waals surface area (Å²) in [6, 6.07) is 6.59. The van der Waals surface area contributed by atoms with Crippen LogP contribution in [0.1, 0.15) is 31.2 Å². The molecule has 2 aliphatic heterocycles. The summed E-state index contributed by atoms with van der Waals surface area (Å²) in [5.74, 6) is 0.135. The van der Waals surface area contributed by atoms with Crippen LogP contribution in [0.25, 0.3) is 0 Å². The van der Waals surface area contributed by atoms with Crippen molar-refractivity contribution >= 4 is 17.3 Å². The van der Waals surface area contributed by atoms with Crippen LogP contribution < -0.4 is 15.5 Å². The molecule has 0 radical (unpaired) electrons. The van der Waals surface area contributed by atoms with Crippen LogP contribution in [0.15, 0.2) is 18.2 Å². The third kappa shape index (κ3) is 2.47. The van der Waals surface area contributed by atoms with Gasteiger partial charge in [-0.15, -0.1) is 0 Å². The fraction of sp³-hybridized carbons (Fsp3) is 0.562. The maximum absolute atomic E-state index is 12.1. The fourth-order valence-corrected chi connectivity index (χ4v) is 3.31. The second-order valence-electron chi connectivity index (χ2n) is 5.69. The molecule has 1 saturated heterocycles. The third-order valence-electron chi connectivity index (χ3n) is 4.42. The summed E-state index contributed by atoms with van der Waals surface area (Å²) in [6.07, 6.45) is 5.61. The third-order valence-corrected chi connectivity index (χ3v) is 4.42. The highest BCUT2D eigenvalue weighted by Crippen LogP contribution is 2.31. The SMILES string of the molecule is CNC(=O)C1CCCCN1c1ccc2c(c1)NCCC2. The summed E-state index contributed by atoms with van der Waals surface area (Å²) >= 11 is 0. The number of amides is 1. The zero-order valence-corrected chi connectivity index (χ0v) is 12.1. The number of anilines is 2.